The van der Waals surface area contributed by atoms with Crippen LogP contribution in [0.5, 0.6) is 0 Å². The van der Waals surface area contributed by atoms with Crippen molar-refractivity contribution in [1.29, 1.82) is 0 Å². The van der Waals surface area contributed by atoms with Crippen LogP contribution in [0, 0.1) is 0 Å². The van der Waals surface area contributed by atoms with E-state index < -0.39 is 5.60 Å². The number of hydrogen-bond acceptors (Lipinski definition) is 2. The van der Waals surface area contributed by atoms with Gasteiger partial charge in [0, 0.05) is 13.0 Å². The number of rotatable bonds is 3. The van der Waals surface area contributed by atoms with E-state index in [0.29, 0.717) is 6.42 Å². The van der Waals surface area contributed by atoms with Crippen LogP contribution in [-0.4, -0.2) is 18.0 Å². The molecule has 2 nitrogen and oxygen atoms in total. The quantitative estimate of drug-likeness (QED) is 0.603. The lowest BCUT2D eigenvalue weighted by Crippen LogP contribution is -2.40. The Morgan fingerprint density at radius 1 is 1.67 bits per heavy atom. The first-order valence-electron chi connectivity index (χ1n) is 4.47. The second-order valence-electron chi connectivity index (χ2n) is 3.45. The van der Waals surface area contributed by atoms with Gasteiger partial charge in [0.25, 0.3) is 0 Å². The minimum absolute atomic E-state index is 0.164. The van der Waals surface area contributed by atoms with Gasteiger partial charge in [0.05, 0.1) is 0 Å². The summed E-state index contributed by atoms with van der Waals surface area (Å²) in [5.41, 5.74) is -0.521. The normalized spacial score (nSPS) is 29.8. The molecule has 2 heteroatoms. The lowest BCUT2D eigenvalue weighted by atomic mass is 9.90. The maximum Gasteiger partial charge on any atom is 0.168 e. The van der Waals surface area contributed by atoms with E-state index in [-0.39, 0.29) is 5.78 Å². The molecule has 1 atom stereocenters. The summed E-state index contributed by atoms with van der Waals surface area (Å²) in [5.74, 6) is 0.164. The van der Waals surface area contributed by atoms with Crippen molar-refractivity contribution in [2.75, 3.05) is 6.61 Å². The third-order valence-electron chi connectivity index (χ3n) is 2.39. The molecular weight excluding hydrogens is 152 g/mol. The monoisotopic (exact) mass is 168 g/mol. The molecule has 1 unspecified atom stereocenters. The molecule has 1 aliphatic heterocycles. The molecule has 0 aromatic carbocycles. The Morgan fingerprint density at radius 2 is 2.42 bits per heavy atom. The predicted octanol–water partition coefficient (Wildman–Crippen LogP) is 2.09. The van der Waals surface area contributed by atoms with Crippen molar-refractivity contribution in [3.63, 3.8) is 0 Å². The summed E-state index contributed by atoms with van der Waals surface area (Å²) in [6.45, 7) is 6.16. The van der Waals surface area contributed by atoms with E-state index >= 15 is 0 Å². The topological polar surface area (TPSA) is 26.3 Å². The average Bonchev–Trinajstić information content (AvgIpc) is 2.06. The van der Waals surface area contributed by atoms with E-state index in [4.69, 9.17) is 4.74 Å². The molecule has 0 aliphatic carbocycles. The van der Waals surface area contributed by atoms with Crippen LogP contribution in [0.15, 0.2) is 12.7 Å². The van der Waals surface area contributed by atoms with Gasteiger partial charge in [0.1, 0.15) is 5.60 Å². The summed E-state index contributed by atoms with van der Waals surface area (Å²) >= 11 is 0. The summed E-state index contributed by atoms with van der Waals surface area (Å²) < 4.78 is 5.48. The Balaban J connectivity index is 2.55. The maximum absolute atomic E-state index is 11.5. The molecule has 1 heterocycles. The van der Waals surface area contributed by atoms with Gasteiger partial charge in [-0.3, -0.25) is 4.79 Å². The van der Waals surface area contributed by atoms with Gasteiger partial charge < -0.3 is 4.74 Å². The van der Waals surface area contributed by atoms with Crippen molar-refractivity contribution in [2.45, 2.75) is 38.2 Å². The fraction of sp³-hybridized carbons (Fsp3) is 0.700. The van der Waals surface area contributed by atoms with Crippen LogP contribution in [0.25, 0.3) is 0 Å². The summed E-state index contributed by atoms with van der Waals surface area (Å²) in [6.07, 6.45) is 5.11. The standard InChI is InChI=1S/C10H16O2/c1-3-6-9(11)10(2)7-4-5-8-12-10/h3H,1,4-8H2,2H3. The smallest absolute Gasteiger partial charge is 0.168 e. The van der Waals surface area contributed by atoms with E-state index in [9.17, 15) is 4.79 Å². The van der Waals surface area contributed by atoms with Crippen molar-refractivity contribution >= 4 is 5.78 Å². The van der Waals surface area contributed by atoms with E-state index in [1.807, 2.05) is 6.92 Å². The van der Waals surface area contributed by atoms with E-state index in [0.717, 1.165) is 25.9 Å². The van der Waals surface area contributed by atoms with Crippen molar-refractivity contribution in [3.8, 4) is 0 Å². The van der Waals surface area contributed by atoms with Crippen molar-refractivity contribution in [2.24, 2.45) is 0 Å². The Kier molecular flexibility index (Phi) is 3.04. The Morgan fingerprint density at radius 3 is 2.92 bits per heavy atom. The zero-order valence-corrected chi connectivity index (χ0v) is 7.64. The molecule has 0 amide bonds. The van der Waals surface area contributed by atoms with Gasteiger partial charge in [-0.05, 0) is 26.2 Å². The van der Waals surface area contributed by atoms with Crippen LogP contribution in [0.1, 0.15) is 32.6 Å². The van der Waals surface area contributed by atoms with Crippen LogP contribution in [0.2, 0.25) is 0 Å². The molecule has 0 aromatic rings. The second kappa shape index (κ2) is 3.85. The molecule has 1 saturated heterocycles. The SMILES string of the molecule is C=CCC(=O)C1(C)CCCCO1. The van der Waals surface area contributed by atoms with Gasteiger partial charge in [0.15, 0.2) is 5.78 Å². The van der Waals surface area contributed by atoms with Crippen LogP contribution in [-0.2, 0) is 9.53 Å². The Bertz CT molecular complexity index is 178. The van der Waals surface area contributed by atoms with Crippen LogP contribution < -0.4 is 0 Å². The number of ketones is 1. The fourth-order valence-electron chi connectivity index (χ4n) is 1.50. The summed E-state index contributed by atoms with van der Waals surface area (Å²) in [7, 11) is 0. The first-order valence-corrected chi connectivity index (χ1v) is 4.47. The number of hydrogen-bond donors (Lipinski definition) is 0. The van der Waals surface area contributed by atoms with Crippen LogP contribution >= 0.6 is 0 Å². The summed E-state index contributed by atoms with van der Waals surface area (Å²) in [6, 6.07) is 0. The Hall–Kier alpha value is -0.630. The second-order valence-corrected chi connectivity index (χ2v) is 3.45. The minimum atomic E-state index is -0.521. The zero-order chi connectivity index (χ0) is 9.03. The molecule has 0 N–H and O–H groups in total. The lowest BCUT2D eigenvalue weighted by molar-refractivity contribution is -0.147. The highest BCUT2D eigenvalue weighted by molar-refractivity contribution is 5.88. The number of allylic oxidation sites excluding steroid dienone is 1. The number of Topliss-reactive ketones (excluding diaryl/α,β-unsaturated/α-hetero) is 1. The minimum Gasteiger partial charge on any atom is -0.367 e. The van der Waals surface area contributed by atoms with E-state index in [1.165, 1.54) is 0 Å². The highest BCUT2D eigenvalue weighted by atomic mass is 16.5. The molecule has 68 valence electrons. The first-order chi connectivity index (χ1) is 5.69. The number of carbonyl (C=O) groups is 1. The molecule has 1 fully saturated rings. The van der Waals surface area contributed by atoms with Gasteiger partial charge in [0.2, 0.25) is 0 Å². The van der Waals surface area contributed by atoms with E-state index in [2.05, 4.69) is 6.58 Å². The van der Waals surface area contributed by atoms with Gasteiger partial charge >= 0.3 is 0 Å². The van der Waals surface area contributed by atoms with Crippen molar-refractivity contribution in [3.05, 3.63) is 12.7 Å². The highest BCUT2D eigenvalue weighted by Crippen LogP contribution is 2.26. The molecule has 0 bridgehead atoms. The van der Waals surface area contributed by atoms with Crippen molar-refractivity contribution < 1.29 is 9.53 Å². The van der Waals surface area contributed by atoms with Crippen LogP contribution in [0.4, 0.5) is 0 Å². The van der Waals surface area contributed by atoms with E-state index in [1.54, 1.807) is 6.08 Å². The third kappa shape index (κ3) is 1.95. The zero-order valence-electron chi connectivity index (χ0n) is 7.64. The highest BCUT2D eigenvalue weighted by Gasteiger charge is 2.34. The molecule has 0 radical (unpaired) electrons. The first kappa shape index (κ1) is 9.46. The number of ether oxygens (including phenoxy) is 1. The molecule has 12 heavy (non-hydrogen) atoms. The van der Waals surface area contributed by atoms with Crippen molar-refractivity contribution in [1.82, 2.24) is 0 Å². The fourth-order valence-corrected chi connectivity index (χ4v) is 1.50. The number of carbonyl (C=O) groups excluding carboxylic acids is 1. The largest absolute Gasteiger partial charge is 0.367 e. The van der Waals surface area contributed by atoms with Gasteiger partial charge in [-0.15, -0.1) is 6.58 Å². The van der Waals surface area contributed by atoms with Gasteiger partial charge in [-0.2, -0.15) is 0 Å². The van der Waals surface area contributed by atoms with Gasteiger partial charge in [-0.25, -0.2) is 0 Å². The van der Waals surface area contributed by atoms with Crippen LogP contribution in [0.3, 0.4) is 0 Å². The molecule has 1 rings (SSSR count). The maximum atomic E-state index is 11.5. The molecule has 1 aliphatic rings. The lowest BCUT2D eigenvalue weighted by Gasteiger charge is -2.32. The molecule has 0 aromatic heterocycles. The predicted molar refractivity (Wildman–Crippen MR) is 48.0 cm³/mol. The van der Waals surface area contributed by atoms with Gasteiger partial charge in [-0.1, -0.05) is 6.08 Å². The Labute approximate surface area is 73.6 Å². The third-order valence-corrected chi connectivity index (χ3v) is 2.39. The molecule has 0 saturated carbocycles. The summed E-state index contributed by atoms with van der Waals surface area (Å²) in [5, 5.41) is 0. The molecule has 0 spiro atoms. The molecular formula is C10H16O2. The summed E-state index contributed by atoms with van der Waals surface area (Å²) in [4.78, 5) is 11.5. The average molecular weight is 168 g/mol.